The van der Waals surface area contributed by atoms with Gasteiger partial charge in [-0.2, -0.15) is 4.31 Å². The van der Waals surface area contributed by atoms with Gasteiger partial charge in [0, 0.05) is 39.3 Å². The van der Waals surface area contributed by atoms with Crippen LogP contribution in [0.1, 0.15) is 11.1 Å². The first-order chi connectivity index (χ1) is 18.0. The molecule has 0 unspecified atom stereocenters. The predicted octanol–water partition coefficient (Wildman–Crippen LogP) is 2.99. The van der Waals surface area contributed by atoms with Gasteiger partial charge in [-0.3, -0.25) is 9.69 Å². The third-order valence-corrected chi connectivity index (χ3v) is 8.61. The summed E-state index contributed by atoms with van der Waals surface area (Å²) in [5.74, 6) is 1.36. The van der Waals surface area contributed by atoms with E-state index in [1.165, 1.54) is 4.31 Å². The molecule has 0 aromatic heterocycles. The summed E-state index contributed by atoms with van der Waals surface area (Å²) < 4.78 is 39.0. The Morgan fingerprint density at radius 2 is 1.49 bits per heavy atom. The topological polar surface area (TPSA) is 79.4 Å². The van der Waals surface area contributed by atoms with Crippen molar-refractivity contribution >= 4 is 15.9 Å². The fraction of sp³-hybridized carbons (Fsp3) is 0.321. The van der Waals surface area contributed by atoms with Crippen LogP contribution in [0, 0.1) is 0 Å². The first-order valence-corrected chi connectivity index (χ1v) is 13.9. The molecule has 0 radical (unpaired) electrons. The molecular weight excluding hydrogens is 490 g/mol. The van der Waals surface area contributed by atoms with E-state index in [1.807, 2.05) is 48.5 Å². The molecule has 2 heterocycles. The monoisotopic (exact) mass is 521 g/mol. The number of piperazine rings is 1. The molecule has 0 spiro atoms. The van der Waals surface area contributed by atoms with E-state index in [-0.39, 0.29) is 30.7 Å². The van der Waals surface area contributed by atoms with Crippen LogP contribution in [0.25, 0.3) is 0 Å². The van der Waals surface area contributed by atoms with E-state index in [0.29, 0.717) is 19.5 Å². The van der Waals surface area contributed by atoms with E-state index < -0.39 is 10.0 Å². The van der Waals surface area contributed by atoms with E-state index in [2.05, 4.69) is 4.90 Å². The normalized spacial score (nSPS) is 15.8. The summed E-state index contributed by atoms with van der Waals surface area (Å²) in [4.78, 5) is 17.5. The maximum atomic E-state index is 13.4. The van der Waals surface area contributed by atoms with Gasteiger partial charge in [0.1, 0.15) is 0 Å². The molecule has 0 aliphatic carbocycles. The number of carbonyl (C=O) groups excluding carboxylic acids is 1. The van der Waals surface area contributed by atoms with Gasteiger partial charge in [0.05, 0.1) is 11.4 Å². The SMILES string of the molecule is O=C(CN(CCc1ccccc1)S(=O)(=O)c1ccccc1)N1CCN(Cc2ccc3c(c2)OCO3)CC1. The molecule has 0 N–H and O–H groups in total. The summed E-state index contributed by atoms with van der Waals surface area (Å²) in [5.41, 5.74) is 2.16. The van der Waals surface area contributed by atoms with Crippen LogP contribution < -0.4 is 9.47 Å². The number of ether oxygens (including phenoxy) is 2. The highest BCUT2D eigenvalue weighted by Gasteiger charge is 2.29. The van der Waals surface area contributed by atoms with E-state index in [9.17, 15) is 13.2 Å². The highest BCUT2D eigenvalue weighted by Crippen LogP contribution is 2.32. The van der Waals surface area contributed by atoms with Crippen molar-refractivity contribution in [1.82, 2.24) is 14.1 Å². The molecule has 1 saturated heterocycles. The van der Waals surface area contributed by atoms with Gasteiger partial charge in [0.2, 0.25) is 22.7 Å². The third-order valence-electron chi connectivity index (χ3n) is 6.75. The van der Waals surface area contributed by atoms with Crippen molar-refractivity contribution in [3.63, 3.8) is 0 Å². The average Bonchev–Trinajstić information content (AvgIpc) is 3.40. The summed E-state index contributed by atoms with van der Waals surface area (Å²) in [6.07, 6.45) is 0.531. The number of nitrogens with zero attached hydrogens (tertiary/aromatic N) is 3. The molecule has 1 fully saturated rings. The maximum Gasteiger partial charge on any atom is 0.243 e. The largest absolute Gasteiger partial charge is 0.454 e. The standard InChI is InChI=1S/C28H31N3O5S/c32-28(30-17-15-29(16-18-30)20-24-11-12-26-27(19-24)36-22-35-26)21-31(14-13-23-7-3-1-4-8-23)37(33,34)25-9-5-2-6-10-25/h1-12,19H,13-18,20-22H2. The highest BCUT2D eigenvalue weighted by atomic mass is 32.2. The third kappa shape index (κ3) is 6.12. The Balaban J connectivity index is 1.21. The Morgan fingerprint density at radius 3 is 2.22 bits per heavy atom. The van der Waals surface area contributed by atoms with Crippen molar-refractivity contribution in [1.29, 1.82) is 0 Å². The quantitative estimate of drug-likeness (QED) is 0.431. The molecule has 0 bridgehead atoms. The molecule has 37 heavy (non-hydrogen) atoms. The van der Waals surface area contributed by atoms with Gasteiger partial charge >= 0.3 is 0 Å². The van der Waals surface area contributed by atoms with Gasteiger partial charge in [-0.15, -0.1) is 0 Å². The Kier molecular flexibility index (Phi) is 7.73. The van der Waals surface area contributed by atoms with Gasteiger partial charge in [-0.1, -0.05) is 54.6 Å². The number of fused-ring (bicyclic) bond motifs is 1. The van der Waals surface area contributed by atoms with E-state index in [4.69, 9.17) is 9.47 Å². The number of carbonyl (C=O) groups is 1. The van der Waals surface area contributed by atoms with Crippen molar-refractivity contribution in [3.8, 4) is 11.5 Å². The zero-order valence-electron chi connectivity index (χ0n) is 20.7. The van der Waals surface area contributed by atoms with Crippen molar-refractivity contribution in [2.24, 2.45) is 0 Å². The maximum absolute atomic E-state index is 13.4. The van der Waals surface area contributed by atoms with Crippen LogP contribution in [0.3, 0.4) is 0 Å². The molecule has 9 heteroatoms. The minimum Gasteiger partial charge on any atom is -0.454 e. The molecule has 194 valence electrons. The Bertz CT molecular complexity index is 1310. The fourth-order valence-electron chi connectivity index (χ4n) is 4.63. The molecule has 2 aliphatic rings. The van der Waals surface area contributed by atoms with Crippen molar-refractivity contribution in [2.45, 2.75) is 17.9 Å². The number of hydrogen-bond donors (Lipinski definition) is 0. The molecule has 1 amide bonds. The molecule has 0 atom stereocenters. The lowest BCUT2D eigenvalue weighted by Gasteiger charge is -2.35. The number of sulfonamides is 1. The second kappa shape index (κ2) is 11.3. The number of rotatable bonds is 9. The molecule has 5 rings (SSSR count). The summed E-state index contributed by atoms with van der Waals surface area (Å²) >= 11 is 0. The van der Waals surface area contributed by atoms with Gasteiger partial charge in [-0.05, 0) is 41.8 Å². The number of hydrogen-bond acceptors (Lipinski definition) is 6. The molecule has 8 nitrogen and oxygen atoms in total. The first kappa shape index (κ1) is 25.3. The fourth-order valence-corrected chi connectivity index (χ4v) is 6.04. The van der Waals surface area contributed by atoms with Crippen molar-refractivity contribution in [2.75, 3.05) is 46.1 Å². The highest BCUT2D eigenvalue weighted by molar-refractivity contribution is 7.89. The summed E-state index contributed by atoms with van der Waals surface area (Å²) in [5, 5.41) is 0. The van der Waals surface area contributed by atoms with Gasteiger partial charge in [0.15, 0.2) is 11.5 Å². The number of amides is 1. The predicted molar refractivity (Wildman–Crippen MR) is 140 cm³/mol. The zero-order chi connectivity index (χ0) is 25.7. The molecular formula is C28H31N3O5S. The van der Waals surface area contributed by atoms with Crippen LogP contribution in [0.2, 0.25) is 0 Å². The second-order valence-electron chi connectivity index (χ2n) is 9.23. The lowest BCUT2D eigenvalue weighted by atomic mass is 10.1. The molecule has 0 saturated carbocycles. The van der Waals surface area contributed by atoms with Crippen LogP contribution in [-0.2, 0) is 27.8 Å². The van der Waals surface area contributed by atoms with E-state index >= 15 is 0 Å². The minimum atomic E-state index is -3.81. The molecule has 3 aromatic rings. The number of benzene rings is 3. The van der Waals surface area contributed by atoms with Crippen LogP contribution in [0.5, 0.6) is 11.5 Å². The van der Waals surface area contributed by atoms with Crippen LogP contribution in [0.15, 0.2) is 83.8 Å². The van der Waals surface area contributed by atoms with Crippen molar-refractivity contribution < 1.29 is 22.7 Å². The summed E-state index contributed by atoms with van der Waals surface area (Å²) in [6.45, 7) is 3.61. The Morgan fingerprint density at radius 1 is 0.811 bits per heavy atom. The van der Waals surface area contributed by atoms with E-state index in [1.54, 1.807) is 35.2 Å². The van der Waals surface area contributed by atoms with Crippen LogP contribution >= 0.6 is 0 Å². The second-order valence-corrected chi connectivity index (χ2v) is 11.2. The molecule has 2 aliphatic heterocycles. The average molecular weight is 522 g/mol. The van der Waals surface area contributed by atoms with Gasteiger partial charge in [0.25, 0.3) is 0 Å². The smallest absolute Gasteiger partial charge is 0.243 e. The first-order valence-electron chi connectivity index (χ1n) is 12.5. The molecule has 3 aromatic carbocycles. The lowest BCUT2D eigenvalue weighted by Crippen LogP contribution is -2.51. The van der Waals surface area contributed by atoms with Gasteiger partial charge < -0.3 is 14.4 Å². The Labute approximate surface area is 218 Å². The van der Waals surface area contributed by atoms with Crippen molar-refractivity contribution in [3.05, 3.63) is 90.0 Å². The van der Waals surface area contributed by atoms with E-state index in [0.717, 1.165) is 42.3 Å². The lowest BCUT2D eigenvalue weighted by molar-refractivity contribution is -0.133. The minimum absolute atomic E-state index is 0.171. The zero-order valence-corrected chi connectivity index (χ0v) is 21.5. The summed E-state index contributed by atoms with van der Waals surface area (Å²) in [6, 6.07) is 24.0. The van der Waals surface area contributed by atoms with Crippen LogP contribution in [0.4, 0.5) is 0 Å². The van der Waals surface area contributed by atoms with Crippen LogP contribution in [-0.4, -0.2) is 74.5 Å². The van der Waals surface area contributed by atoms with Gasteiger partial charge in [-0.25, -0.2) is 8.42 Å². The summed E-state index contributed by atoms with van der Waals surface area (Å²) in [7, 11) is -3.81. The Hall–Kier alpha value is -3.40.